The summed E-state index contributed by atoms with van der Waals surface area (Å²) < 4.78 is 1.03. The van der Waals surface area contributed by atoms with Crippen LogP contribution in [-0.2, 0) is 0 Å². The Labute approximate surface area is 113 Å². The third-order valence-corrected chi connectivity index (χ3v) is 3.92. The first kappa shape index (κ1) is 11.8. The first-order valence-electron chi connectivity index (χ1n) is 4.79. The monoisotopic (exact) mass is 344 g/mol. The van der Waals surface area contributed by atoms with E-state index in [1.165, 1.54) is 0 Å². The second-order valence-electron chi connectivity index (χ2n) is 3.44. The van der Waals surface area contributed by atoms with Crippen LogP contribution in [0.25, 0.3) is 0 Å². The minimum absolute atomic E-state index is 0.178. The first-order valence-corrected chi connectivity index (χ1v) is 6.24. The van der Waals surface area contributed by atoms with Crippen molar-refractivity contribution in [3.8, 4) is 0 Å². The van der Waals surface area contributed by atoms with E-state index in [2.05, 4.69) is 27.6 Å². The lowest BCUT2D eigenvalue weighted by Crippen LogP contribution is -2.12. The molecule has 0 amide bonds. The molecule has 2 N–H and O–H groups in total. The van der Waals surface area contributed by atoms with E-state index in [1.807, 2.05) is 30.3 Å². The topological polar surface area (TPSA) is 38.9 Å². The quantitative estimate of drug-likeness (QED) is 0.848. The molecule has 2 aromatic rings. The number of hydrogen-bond acceptors (Lipinski definition) is 2. The molecule has 82 valence electrons. The molecule has 0 fully saturated rings. The SMILES string of the molecule is NC(c1cccnc1)c1ccc(I)c(Cl)c1. The largest absolute Gasteiger partial charge is 0.320 e. The predicted octanol–water partition coefficient (Wildman–Crippen LogP) is 3.39. The number of aromatic nitrogens is 1. The molecule has 1 heterocycles. The van der Waals surface area contributed by atoms with E-state index in [0.717, 1.165) is 19.7 Å². The van der Waals surface area contributed by atoms with Crippen LogP contribution in [0.5, 0.6) is 0 Å². The molecule has 1 aromatic heterocycles. The van der Waals surface area contributed by atoms with Gasteiger partial charge in [0.25, 0.3) is 0 Å². The third kappa shape index (κ3) is 2.53. The van der Waals surface area contributed by atoms with Crippen molar-refractivity contribution in [1.82, 2.24) is 4.98 Å². The van der Waals surface area contributed by atoms with Crippen molar-refractivity contribution in [3.05, 3.63) is 62.4 Å². The van der Waals surface area contributed by atoms with Crippen molar-refractivity contribution in [3.63, 3.8) is 0 Å². The molecule has 16 heavy (non-hydrogen) atoms. The molecular weight excluding hydrogens is 335 g/mol. The number of rotatable bonds is 2. The maximum absolute atomic E-state index is 6.13. The average Bonchev–Trinajstić information content (AvgIpc) is 2.33. The Morgan fingerprint density at radius 2 is 2.06 bits per heavy atom. The average molecular weight is 345 g/mol. The zero-order valence-corrected chi connectivity index (χ0v) is 11.3. The zero-order chi connectivity index (χ0) is 11.5. The summed E-state index contributed by atoms with van der Waals surface area (Å²) in [7, 11) is 0. The minimum atomic E-state index is -0.178. The van der Waals surface area contributed by atoms with E-state index in [4.69, 9.17) is 17.3 Å². The van der Waals surface area contributed by atoms with Crippen LogP contribution in [0.4, 0.5) is 0 Å². The van der Waals surface area contributed by atoms with Gasteiger partial charge in [0.05, 0.1) is 11.1 Å². The van der Waals surface area contributed by atoms with E-state index >= 15 is 0 Å². The first-order chi connectivity index (χ1) is 7.68. The highest BCUT2D eigenvalue weighted by Gasteiger charge is 2.10. The summed E-state index contributed by atoms with van der Waals surface area (Å²) in [6.45, 7) is 0. The number of benzene rings is 1. The number of nitrogens with zero attached hydrogens (tertiary/aromatic N) is 1. The fourth-order valence-electron chi connectivity index (χ4n) is 1.46. The number of halogens is 2. The minimum Gasteiger partial charge on any atom is -0.320 e. The Morgan fingerprint density at radius 1 is 1.25 bits per heavy atom. The van der Waals surface area contributed by atoms with Gasteiger partial charge in [-0.1, -0.05) is 23.7 Å². The Hall–Kier alpha value is -0.650. The van der Waals surface area contributed by atoms with Crippen molar-refractivity contribution in [2.45, 2.75) is 6.04 Å². The van der Waals surface area contributed by atoms with Crippen LogP contribution in [-0.4, -0.2) is 4.98 Å². The van der Waals surface area contributed by atoms with Crippen molar-refractivity contribution < 1.29 is 0 Å². The van der Waals surface area contributed by atoms with E-state index in [1.54, 1.807) is 12.4 Å². The van der Waals surface area contributed by atoms with Crippen molar-refractivity contribution in [2.75, 3.05) is 0 Å². The Kier molecular flexibility index (Phi) is 3.78. The zero-order valence-electron chi connectivity index (χ0n) is 8.40. The van der Waals surface area contributed by atoms with Crippen molar-refractivity contribution in [1.29, 1.82) is 0 Å². The number of pyridine rings is 1. The lowest BCUT2D eigenvalue weighted by atomic mass is 10.0. The summed E-state index contributed by atoms with van der Waals surface area (Å²) in [6, 6.07) is 9.52. The smallest absolute Gasteiger partial charge is 0.0567 e. The molecular formula is C12H10ClIN2. The van der Waals surface area contributed by atoms with Gasteiger partial charge in [0.2, 0.25) is 0 Å². The van der Waals surface area contributed by atoms with Gasteiger partial charge in [-0.2, -0.15) is 0 Å². The second kappa shape index (κ2) is 5.12. The molecule has 0 aliphatic carbocycles. The number of nitrogens with two attached hydrogens (primary N) is 1. The predicted molar refractivity (Wildman–Crippen MR) is 74.4 cm³/mol. The normalized spacial score (nSPS) is 12.4. The standard InChI is InChI=1S/C12H10ClIN2/c13-10-6-8(3-4-11(10)14)12(15)9-2-1-5-16-7-9/h1-7,12H,15H2. The van der Waals surface area contributed by atoms with E-state index < -0.39 is 0 Å². The fraction of sp³-hybridized carbons (Fsp3) is 0.0833. The van der Waals surface area contributed by atoms with Gasteiger partial charge in [0, 0.05) is 16.0 Å². The highest BCUT2D eigenvalue weighted by atomic mass is 127. The van der Waals surface area contributed by atoms with Crippen molar-refractivity contribution in [2.24, 2.45) is 5.73 Å². The summed E-state index contributed by atoms with van der Waals surface area (Å²) in [5.41, 5.74) is 8.12. The van der Waals surface area contributed by atoms with Gasteiger partial charge in [0.15, 0.2) is 0 Å². The van der Waals surface area contributed by atoms with Gasteiger partial charge in [-0.3, -0.25) is 4.98 Å². The molecule has 0 aliphatic rings. The van der Waals surface area contributed by atoms with E-state index in [-0.39, 0.29) is 6.04 Å². The Bertz CT molecular complexity index is 488. The van der Waals surface area contributed by atoms with Gasteiger partial charge in [-0.05, 0) is 51.9 Å². The molecule has 1 atom stereocenters. The highest BCUT2D eigenvalue weighted by Crippen LogP contribution is 2.25. The van der Waals surface area contributed by atoms with Crippen LogP contribution in [0.2, 0.25) is 5.02 Å². The third-order valence-electron chi connectivity index (χ3n) is 2.35. The Morgan fingerprint density at radius 3 is 2.69 bits per heavy atom. The lowest BCUT2D eigenvalue weighted by Gasteiger charge is -2.12. The van der Waals surface area contributed by atoms with Crippen molar-refractivity contribution >= 4 is 34.2 Å². The molecule has 0 bridgehead atoms. The summed E-state index contributed by atoms with van der Waals surface area (Å²) in [4.78, 5) is 4.06. The molecule has 1 aromatic carbocycles. The molecule has 0 radical (unpaired) electrons. The molecule has 2 nitrogen and oxygen atoms in total. The summed E-state index contributed by atoms with van der Waals surface area (Å²) in [5.74, 6) is 0. The van der Waals surface area contributed by atoms with Gasteiger partial charge < -0.3 is 5.73 Å². The maximum Gasteiger partial charge on any atom is 0.0567 e. The molecule has 2 rings (SSSR count). The molecule has 1 unspecified atom stereocenters. The van der Waals surface area contributed by atoms with Gasteiger partial charge >= 0.3 is 0 Å². The molecule has 4 heteroatoms. The van der Waals surface area contributed by atoms with Crippen LogP contribution < -0.4 is 5.73 Å². The lowest BCUT2D eigenvalue weighted by molar-refractivity contribution is 0.863. The van der Waals surface area contributed by atoms with Gasteiger partial charge in [-0.15, -0.1) is 0 Å². The Balaban J connectivity index is 2.34. The van der Waals surface area contributed by atoms with E-state index in [0.29, 0.717) is 0 Å². The van der Waals surface area contributed by atoms with Crippen LogP contribution >= 0.6 is 34.2 Å². The molecule has 0 spiro atoms. The second-order valence-corrected chi connectivity index (χ2v) is 5.01. The maximum atomic E-state index is 6.13. The summed E-state index contributed by atoms with van der Waals surface area (Å²) >= 11 is 8.26. The van der Waals surface area contributed by atoms with Crippen LogP contribution in [0.1, 0.15) is 17.2 Å². The molecule has 0 saturated carbocycles. The molecule has 0 aliphatic heterocycles. The summed E-state index contributed by atoms with van der Waals surface area (Å²) in [6.07, 6.45) is 3.51. The fourth-order valence-corrected chi connectivity index (χ4v) is 1.98. The van der Waals surface area contributed by atoms with Crippen LogP contribution in [0.3, 0.4) is 0 Å². The van der Waals surface area contributed by atoms with Gasteiger partial charge in [-0.25, -0.2) is 0 Å². The van der Waals surface area contributed by atoms with Crippen LogP contribution in [0, 0.1) is 3.57 Å². The van der Waals surface area contributed by atoms with E-state index in [9.17, 15) is 0 Å². The highest BCUT2D eigenvalue weighted by molar-refractivity contribution is 14.1. The molecule has 0 saturated heterocycles. The summed E-state index contributed by atoms with van der Waals surface area (Å²) in [5, 5.41) is 0.734. The van der Waals surface area contributed by atoms with Crippen LogP contribution in [0.15, 0.2) is 42.7 Å². The number of hydrogen-bond donors (Lipinski definition) is 1. The van der Waals surface area contributed by atoms with Gasteiger partial charge in [0.1, 0.15) is 0 Å².